The van der Waals surface area contributed by atoms with Crippen LogP contribution in [0, 0.1) is 10.1 Å². The van der Waals surface area contributed by atoms with Crippen molar-refractivity contribution in [1.29, 1.82) is 0 Å². The van der Waals surface area contributed by atoms with Crippen LogP contribution in [0.4, 0.5) is 5.69 Å². The molecule has 6 nitrogen and oxygen atoms in total. The SMILES string of the molecule is CCC(C)n1c(-c2cccc([N+](=O)[O-])c2)ccc(CN)c1=O. The minimum atomic E-state index is -0.441. The second kappa shape index (κ2) is 6.53. The average molecular weight is 301 g/mol. The van der Waals surface area contributed by atoms with Crippen LogP contribution in [-0.2, 0) is 6.54 Å². The van der Waals surface area contributed by atoms with Crippen LogP contribution in [0.1, 0.15) is 31.9 Å². The summed E-state index contributed by atoms with van der Waals surface area (Å²) < 4.78 is 1.67. The number of hydrogen-bond acceptors (Lipinski definition) is 4. The molecule has 0 radical (unpaired) electrons. The van der Waals surface area contributed by atoms with E-state index >= 15 is 0 Å². The van der Waals surface area contributed by atoms with Crippen LogP contribution in [-0.4, -0.2) is 9.49 Å². The fourth-order valence-corrected chi connectivity index (χ4v) is 2.38. The van der Waals surface area contributed by atoms with Gasteiger partial charge in [-0.1, -0.05) is 25.1 Å². The van der Waals surface area contributed by atoms with Crippen molar-refractivity contribution in [3.8, 4) is 11.3 Å². The van der Waals surface area contributed by atoms with Gasteiger partial charge in [0.15, 0.2) is 0 Å². The summed E-state index contributed by atoms with van der Waals surface area (Å²) >= 11 is 0. The molecule has 1 unspecified atom stereocenters. The molecule has 0 aliphatic rings. The quantitative estimate of drug-likeness (QED) is 0.679. The standard InChI is InChI=1S/C16H19N3O3/c1-3-11(2)18-15(8-7-13(10-17)16(18)20)12-5-4-6-14(9-12)19(21)22/h4-9,11H,3,10,17H2,1-2H3. The highest BCUT2D eigenvalue weighted by atomic mass is 16.6. The van der Waals surface area contributed by atoms with E-state index in [1.807, 2.05) is 13.8 Å². The van der Waals surface area contributed by atoms with Gasteiger partial charge < -0.3 is 10.3 Å². The topological polar surface area (TPSA) is 91.2 Å². The predicted molar refractivity (Wildman–Crippen MR) is 85.7 cm³/mol. The van der Waals surface area contributed by atoms with Crippen molar-refractivity contribution in [2.24, 2.45) is 5.73 Å². The van der Waals surface area contributed by atoms with Crippen molar-refractivity contribution in [3.05, 3.63) is 62.4 Å². The Morgan fingerprint density at radius 1 is 1.32 bits per heavy atom. The van der Waals surface area contributed by atoms with E-state index in [1.54, 1.807) is 28.8 Å². The van der Waals surface area contributed by atoms with Crippen LogP contribution in [0.15, 0.2) is 41.2 Å². The molecule has 1 aromatic heterocycles. The minimum Gasteiger partial charge on any atom is -0.326 e. The van der Waals surface area contributed by atoms with Gasteiger partial charge in [0.2, 0.25) is 0 Å². The van der Waals surface area contributed by atoms with Gasteiger partial charge in [0.1, 0.15) is 0 Å². The first-order chi connectivity index (χ1) is 10.5. The van der Waals surface area contributed by atoms with Crippen LogP contribution >= 0.6 is 0 Å². The number of rotatable bonds is 5. The summed E-state index contributed by atoms with van der Waals surface area (Å²) in [6, 6.07) is 9.77. The molecule has 2 aromatic rings. The number of pyridine rings is 1. The van der Waals surface area contributed by atoms with Gasteiger partial charge in [0.05, 0.1) is 10.6 Å². The summed E-state index contributed by atoms with van der Waals surface area (Å²) in [5.41, 5.74) is 7.33. The number of nitrogens with two attached hydrogens (primary N) is 1. The Hall–Kier alpha value is -2.47. The highest BCUT2D eigenvalue weighted by Crippen LogP contribution is 2.26. The smallest absolute Gasteiger partial charge is 0.270 e. The highest BCUT2D eigenvalue weighted by molar-refractivity contribution is 5.63. The fraction of sp³-hybridized carbons (Fsp3) is 0.312. The molecule has 0 saturated heterocycles. The second-order valence-corrected chi connectivity index (χ2v) is 5.19. The largest absolute Gasteiger partial charge is 0.326 e. The lowest BCUT2D eigenvalue weighted by molar-refractivity contribution is -0.384. The molecule has 1 heterocycles. The van der Waals surface area contributed by atoms with E-state index in [0.717, 1.165) is 6.42 Å². The predicted octanol–water partition coefficient (Wildman–Crippen LogP) is 2.85. The lowest BCUT2D eigenvalue weighted by Gasteiger charge is -2.19. The molecule has 22 heavy (non-hydrogen) atoms. The van der Waals surface area contributed by atoms with E-state index in [2.05, 4.69) is 0 Å². The number of non-ortho nitro benzene ring substituents is 1. The Balaban J connectivity index is 2.70. The van der Waals surface area contributed by atoms with Gasteiger partial charge in [-0.05, 0) is 19.4 Å². The third kappa shape index (κ3) is 2.92. The molecule has 2 rings (SSSR count). The van der Waals surface area contributed by atoms with Gasteiger partial charge in [-0.25, -0.2) is 0 Å². The van der Waals surface area contributed by atoms with Gasteiger partial charge in [0, 0.05) is 35.8 Å². The van der Waals surface area contributed by atoms with Crippen molar-refractivity contribution < 1.29 is 4.92 Å². The number of nitro groups is 1. The minimum absolute atomic E-state index is 0.00329. The first-order valence-corrected chi connectivity index (χ1v) is 7.18. The molecule has 116 valence electrons. The van der Waals surface area contributed by atoms with E-state index in [4.69, 9.17) is 5.73 Å². The zero-order valence-corrected chi connectivity index (χ0v) is 12.7. The second-order valence-electron chi connectivity index (χ2n) is 5.19. The molecule has 6 heteroatoms. The Morgan fingerprint density at radius 3 is 2.64 bits per heavy atom. The number of hydrogen-bond donors (Lipinski definition) is 1. The molecular weight excluding hydrogens is 282 g/mol. The summed E-state index contributed by atoms with van der Waals surface area (Å²) in [6.07, 6.45) is 0.774. The van der Waals surface area contributed by atoms with Crippen molar-refractivity contribution in [2.75, 3.05) is 0 Å². The lowest BCUT2D eigenvalue weighted by atomic mass is 10.1. The third-order valence-corrected chi connectivity index (χ3v) is 3.80. The van der Waals surface area contributed by atoms with E-state index in [9.17, 15) is 14.9 Å². The molecule has 0 spiro atoms. The summed E-state index contributed by atoms with van der Waals surface area (Å²) in [6.45, 7) is 4.11. The monoisotopic (exact) mass is 301 g/mol. The molecule has 0 saturated carbocycles. The molecule has 0 aliphatic carbocycles. The highest BCUT2D eigenvalue weighted by Gasteiger charge is 2.16. The van der Waals surface area contributed by atoms with Crippen molar-refractivity contribution in [1.82, 2.24) is 4.57 Å². The maximum absolute atomic E-state index is 12.6. The maximum Gasteiger partial charge on any atom is 0.270 e. The molecule has 0 amide bonds. The summed E-state index contributed by atoms with van der Waals surface area (Å²) in [5.74, 6) is 0. The number of nitro benzene ring substituents is 1. The molecule has 0 bridgehead atoms. The van der Waals surface area contributed by atoms with E-state index in [1.165, 1.54) is 12.1 Å². The van der Waals surface area contributed by atoms with E-state index < -0.39 is 4.92 Å². The van der Waals surface area contributed by atoms with Gasteiger partial charge >= 0.3 is 0 Å². The van der Waals surface area contributed by atoms with Crippen LogP contribution in [0.3, 0.4) is 0 Å². The normalized spacial score (nSPS) is 12.1. The summed E-state index contributed by atoms with van der Waals surface area (Å²) in [5, 5.41) is 10.9. The number of nitrogens with zero attached hydrogens (tertiary/aromatic N) is 2. The maximum atomic E-state index is 12.6. The Morgan fingerprint density at radius 2 is 2.05 bits per heavy atom. The zero-order valence-electron chi connectivity index (χ0n) is 12.7. The third-order valence-electron chi connectivity index (χ3n) is 3.80. The van der Waals surface area contributed by atoms with E-state index in [0.29, 0.717) is 16.8 Å². The molecular formula is C16H19N3O3. The first-order valence-electron chi connectivity index (χ1n) is 7.18. The van der Waals surface area contributed by atoms with Crippen LogP contribution < -0.4 is 11.3 Å². The Bertz CT molecular complexity index is 753. The van der Waals surface area contributed by atoms with Gasteiger partial charge in [-0.2, -0.15) is 0 Å². The molecule has 0 aliphatic heterocycles. The molecule has 1 aromatic carbocycles. The zero-order chi connectivity index (χ0) is 16.3. The first kappa shape index (κ1) is 15.9. The fourth-order valence-electron chi connectivity index (χ4n) is 2.38. The molecule has 1 atom stereocenters. The van der Waals surface area contributed by atoms with Crippen molar-refractivity contribution in [3.63, 3.8) is 0 Å². The van der Waals surface area contributed by atoms with Crippen molar-refractivity contribution in [2.45, 2.75) is 32.9 Å². The number of benzene rings is 1. The average Bonchev–Trinajstić information content (AvgIpc) is 2.53. The summed E-state index contributed by atoms with van der Waals surface area (Å²) in [4.78, 5) is 23.1. The molecule has 2 N–H and O–H groups in total. The van der Waals surface area contributed by atoms with Gasteiger partial charge in [-0.3, -0.25) is 14.9 Å². The van der Waals surface area contributed by atoms with Gasteiger partial charge in [-0.15, -0.1) is 0 Å². The van der Waals surface area contributed by atoms with Crippen LogP contribution in [0.25, 0.3) is 11.3 Å². The molecule has 0 fully saturated rings. The lowest BCUT2D eigenvalue weighted by Crippen LogP contribution is -2.28. The Labute approximate surface area is 128 Å². The van der Waals surface area contributed by atoms with E-state index in [-0.39, 0.29) is 23.8 Å². The van der Waals surface area contributed by atoms with Crippen LogP contribution in [0.5, 0.6) is 0 Å². The number of aromatic nitrogens is 1. The Kier molecular flexibility index (Phi) is 4.72. The van der Waals surface area contributed by atoms with Gasteiger partial charge in [0.25, 0.3) is 11.2 Å². The van der Waals surface area contributed by atoms with Crippen LogP contribution in [0.2, 0.25) is 0 Å². The summed E-state index contributed by atoms with van der Waals surface area (Å²) in [7, 11) is 0. The van der Waals surface area contributed by atoms with Crippen molar-refractivity contribution >= 4 is 5.69 Å².